The molecule has 0 aliphatic carbocycles. The summed E-state index contributed by atoms with van der Waals surface area (Å²) in [5.74, 6) is 0.249. The van der Waals surface area contributed by atoms with Gasteiger partial charge in [-0.15, -0.1) is 0 Å². The van der Waals surface area contributed by atoms with Crippen molar-refractivity contribution in [1.29, 1.82) is 0 Å². The van der Waals surface area contributed by atoms with Gasteiger partial charge in [0, 0.05) is 37.7 Å². The number of carbonyl (C=O) groups excluding carboxylic acids is 2. The van der Waals surface area contributed by atoms with Gasteiger partial charge in [-0.25, -0.2) is 4.79 Å². The van der Waals surface area contributed by atoms with Crippen molar-refractivity contribution in [2.75, 3.05) is 52.5 Å². The van der Waals surface area contributed by atoms with E-state index in [2.05, 4.69) is 4.90 Å². The van der Waals surface area contributed by atoms with Crippen molar-refractivity contribution in [2.45, 2.75) is 12.6 Å². The van der Waals surface area contributed by atoms with Gasteiger partial charge in [0.2, 0.25) is 5.91 Å². The fourth-order valence-electron chi connectivity index (χ4n) is 3.84. The van der Waals surface area contributed by atoms with E-state index in [1.165, 1.54) is 4.90 Å². The number of carbonyl (C=O) groups is 2. The van der Waals surface area contributed by atoms with Gasteiger partial charge >= 0.3 is 6.09 Å². The van der Waals surface area contributed by atoms with Crippen LogP contribution in [0.3, 0.4) is 0 Å². The average molecular weight is 349 g/mol. The first kappa shape index (κ1) is 16.4. The smallest absolute Gasteiger partial charge is 0.410 e. The van der Waals surface area contributed by atoms with Gasteiger partial charge in [-0.05, 0) is 6.07 Å². The Morgan fingerprint density at radius 2 is 2.16 bits per heavy atom. The minimum Gasteiger partial charge on any atom is -0.472 e. The number of furan rings is 1. The Bertz CT molecular complexity index is 620. The molecule has 2 amide bonds. The molecule has 0 radical (unpaired) electrons. The summed E-state index contributed by atoms with van der Waals surface area (Å²) in [4.78, 5) is 30.2. The zero-order valence-electron chi connectivity index (χ0n) is 14.1. The summed E-state index contributed by atoms with van der Waals surface area (Å²) >= 11 is 0. The fraction of sp³-hybridized carbons (Fsp3) is 0.647. The van der Waals surface area contributed by atoms with Crippen molar-refractivity contribution < 1.29 is 23.5 Å². The maximum atomic E-state index is 12.8. The lowest BCUT2D eigenvalue weighted by molar-refractivity contribution is -0.134. The van der Waals surface area contributed by atoms with Crippen molar-refractivity contribution in [3.05, 3.63) is 24.2 Å². The average Bonchev–Trinajstić information content (AvgIpc) is 3.12. The molecule has 2 atom stereocenters. The summed E-state index contributed by atoms with van der Waals surface area (Å²) in [6.45, 7) is 5.26. The largest absolute Gasteiger partial charge is 0.472 e. The monoisotopic (exact) mass is 349 g/mol. The molecule has 0 spiro atoms. The van der Waals surface area contributed by atoms with Crippen molar-refractivity contribution in [2.24, 2.45) is 5.92 Å². The molecule has 25 heavy (non-hydrogen) atoms. The van der Waals surface area contributed by atoms with Crippen LogP contribution in [0.25, 0.3) is 0 Å². The van der Waals surface area contributed by atoms with Gasteiger partial charge in [0.05, 0.1) is 38.3 Å². The van der Waals surface area contributed by atoms with Crippen LogP contribution in [0.4, 0.5) is 4.79 Å². The van der Waals surface area contributed by atoms with Crippen molar-refractivity contribution in [1.82, 2.24) is 14.7 Å². The molecular weight excluding hydrogens is 326 g/mol. The molecule has 0 saturated carbocycles. The summed E-state index contributed by atoms with van der Waals surface area (Å²) in [6.07, 6.45) is 3.05. The molecule has 136 valence electrons. The third kappa shape index (κ3) is 3.64. The van der Waals surface area contributed by atoms with E-state index in [4.69, 9.17) is 13.9 Å². The molecule has 8 nitrogen and oxygen atoms in total. The van der Waals surface area contributed by atoms with E-state index in [1.807, 2.05) is 11.0 Å². The number of fused-ring (bicyclic) bond motifs is 3. The van der Waals surface area contributed by atoms with E-state index in [1.54, 1.807) is 12.5 Å². The molecule has 3 fully saturated rings. The van der Waals surface area contributed by atoms with Gasteiger partial charge in [-0.3, -0.25) is 14.6 Å². The lowest BCUT2D eigenvalue weighted by Gasteiger charge is -2.31. The Kier molecular flexibility index (Phi) is 4.63. The zero-order valence-corrected chi connectivity index (χ0v) is 14.1. The Hall–Kier alpha value is -2.06. The maximum absolute atomic E-state index is 12.8. The molecule has 0 aromatic carbocycles. The molecule has 3 aliphatic rings. The first-order chi connectivity index (χ1) is 12.2. The Labute approximate surface area is 146 Å². The summed E-state index contributed by atoms with van der Waals surface area (Å²) in [5, 5.41) is 0. The highest BCUT2D eigenvalue weighted by atomic mass is 16.6. The Morgan fingerprint density at radius 3 is 2.92 bits per heavy atom. The second kappa shape index (κ2) is 7.05. The van der Waals surface area contributed by atoms with Gasteiger partial charge in [-0.2, -0.15) is 0 Å². The summed E-state index contributed by atoms with van der Waals surface area (Å²) in [7, 11) is 0. The van der Waals surface area contributed by atoms with Crippen LogP contribution in [0.2, 0.25) is 0 Å². The van der Waals surface area contributed by atoms with Crippen molar-refractivity contribution in [3.63, 3.8) is 0 Å². The highest BCUT2D eigenvalue weighted by Crippen LogP contribution is 2.22. The van der Waals surface area contributed by atoms with Gasteiger partial charge in [0.25, 0.3) is 0 Å². The molecule has 4 heterocycles. The van der Waals surface area contributed by atoms with Crippen LogP contribution in [0, 0.1) is 5.92 Å². The summed E-state index contributed by atoms with van der Waals surface area (Å²) < 4.78 is 15.8. The molecule has 3 saturated heterocycles. The van der Waals surface area contributed by atoms with Crippen molar-refractivity contribution >= 4 is 12.0 Å². The van der Waals surface area contributed by atoms with Crippen LogP contribution in [0.1, 0.15) is 5.56 Å². The van der Waals surface area contributed by atoms with E-state index in [9.17, 15) is 9.59 Å². The third-order valence-electron chi connectivity index (χ3n) is 5.02. The fourth-order valence-corrected chi connectivity index (χ4v) is 3.84. The van der Waals surface area contributed by atoms with Crippen LogP contribution in [0.15, 0.2) is 23.0 Å². The van der Waals surface area contributed by atoms with E-state index >= 15 is 0 Å². The molecule has 2 bridgehead atoms. The summed E-state index contributed by atoms with van der Waals surface area (Å²) in [5.41, 5.74) is 1.14. The summed E-state index contributed by atoms with van der Waals surface area (Å²) in [6, 6.07) is 1.98. The second-order valence-electron chi connectivity index (χ2n) is 6.97. The maximum Gasteiger partial charge on any atom is 0.410 e. The van der Waals surface area contributed by atoms with Crippen molar-refractivity contribution in [3.8, 4) is 0 Å². The quantitative estimate of drug-likeness (QED) is 0.783. The Morgan fingerprint density at radius 1 is 1.24 bits per heavy atom. The minimum atomic E-state index is -0.399. The van der Waals surface area contributed by atoms with Crippen LogP contribution >= 0.6 is 0 Å². The SMILES string of the molecule is O=C1OCCN1CC(=O)N1C[C@H]2COC[C@@H]1CN(Cc1ccoc1)C2. The standard InChI is InChI=1S/C17H23N3O5/c21-16(9-19-2-4-25-17(19)22)20-7-14-6-18(5-13-1-3-23-10-13)8-15(20)12-24-11-14/h1,3,10,14-15H,2,4-9,11-12H2/t14-,15-/m0/s1. The molecule has 1 aromatic heterocycles. The number of hydrogen-bond acceptors (Lipinski definition) is 6. The number of nitrogens with zero attached hydrogens (tertiary/aromatic N) is 3. The highest BCUT2D eigenvalue weighted by Gasteiger charge is 2.37. The van der Waals surface area contributed by atoms with E-state index in [0.29, 0.717) is 32.9 Å². The van der Waals surface area contributed by atoms with Gasteiger partial charge in [-0.1, -0.05) is 0 Å². The highest BCUT2D eigenvalue weighted by molar-refractivity contribution is 5.83. The van der Waals surface area contributed by atoms with Gasteiger partial charge in [0.15, 0.2) is 0 Å². The first-order valence-electron chi connectivity index (χ1n) is 8.71. The number of rotatable bonds is 4. The Balaban J connectivity index is 1.44. The topological polar surface area (TPSA) is 75.5 Å². The van der Waals surface area contributed by atoms with E-state index in [0.717, 1.165) is 25.2 Å². The lowest BCUT2D eigenvalue weighted by Crippen LogP contribution is -2.49. The third-order valence-corrected chi connectivity index (χ3v) is 5.02. The number of cyclic esters (lactones) is 1. The molecule has 8 heteroatoms. The van der Waals surface area contributed by atoms with E-state index < -0.39 is 6.09 Å². The second-order valence-corrected chi connectivity index (χ2v) is 6.97. The van der Waals surface area contributed by atoms with E-state index in [-0.39, 0.29) is 24.4 Å². The molecule has 1 aromatic rings. The molecule has 4 rings (SSSR count). The predicted molar refractivity (Wildman–Crippen MR) is 86.7 cm³/mol. The number of amides is 2. The van der Waals surface area contributed by atoms with Crippen LogP contribution < -0.4 is 0 Å². The number of ether oxygens (including phenoxy) is 2. The normalized spacial score (nSPS) is 27.3. The molecule has 3 aliphatic heterocycles. The zero-order chi connectivity index (χ0) is 17.2. The predicted octanol–water partition coefficient (Wildman–Crippen LogP) is 0.391. The molecule has 0 unspecified atom stereocenters. The van der Waals surface area contributed by atoms with Crippen LogP contribution in [-0.4, -0.2) is 85.3 Å². The molecular formula is C17H23N3O5. The van der Waals surface area contributed by atoms with Gasteiger partial charge in [0.1, 0.15) is 13.2 Å². The van der Waals surface area contributed by atoms with Crippen LogP contribution in [-0.2, 0) is 20.8 Å². The number of hydrogen-bond donors (Lipinski definition) is 0. The lowest BCUT2D eigenvalue weighted by atomic mass is 10.1. The van der Waals surface area contributed by atoms with Gasteiger partial charge < -0.3 is 18.8 Å². The molecule has 0 N–H and O–H groups in total. The first-order valence-corrected chi connectivity index (χ1v) is 8.71. The minimum absolute atomic E-state index is 0.00512. The van der Waals surface area contributed by atoms with Crippen LogP contribution in [0.5, 0.6) is 0 Å².